The van der Waals surface area contributed by atoms with Crippen LogP contribution in [0.3, 0.4) is 0 Å². The van der Waals surface area contributed by atoms with Gasteiger partial charge >= 0.3 is 5.97 Å². The molecule has 0 amide bonds. The van der Waals surface area contributed by atoms with Crippen molar-refractivity contribution in [2.45, 2.75) is 6.54 Å². The number of hydrogen-bond donors (Lipinski definition) is 0. The first-order valence-corrected chi connectivity index (χ1v) is 5.18. The first-order chi connectivity index (χ1) is 8.11. The molecule has 2 rings (SSSR count). The second-order valence-corrected chi connectivity index (χ2v) is 3.99. The molecule has 0 aliphatic heterocycles. The van der Waals surface area contributed by atoms with Gasteiger partial charge in [0.25, 0.3) is 0 Å². The summed E-state index contributed by atoms with van der Waals surface area (Å²) < 4.78 is 6.48. The van der Waals surface area contributed by atoms with Gasteiger partial charge in [0, 0.05) is 6.20 Å². The SMILES string of the molecule is COC(=O)c1ccc2nnc(CN(C)C)n2c1. The molecule has 0 atom stereocenters. The van der Waals surface area contributed by atoms with Crippen molar-refractivity contribution in [1.29, 1.82) is 0 Å². The molecule has 0 fully saturated rings. The maximum Gasteiger partial charge on any atom is 0.339 e. The Morgan fingerprint density at radius 1 is 1.41 bits per heavy atom. The molecule has 90 valence electrons. The highest BCUT2D eigenvalue weighted by Gasteiger charge is 2.10. The van der Waals surface area contributed by atoms with Gasteiger partial charge in [-0.15, -0.1) is 10.2 Å². The Bertz CT molecular complexity index is 547. The second-order valence-electron chi connectivity index (χ2n) is 3.99. The third-order valence-corrected chi connectivity index (χ3v) is 2.35. The highest BCUT2D eigenvalue weighted by atomic mass is 16.5. The Morgan fingerprint density at radius 3 is 2.82 bits per heavy atom. The van der Waals surface area contributed by atoms with Gasteiger partial charge in [0.1, 0.15) is 0 Å². The van der Waals surface area contributed by atoms with Gasteiger partial charge in [-0.05, 0) is 26.2 Å². The summed E-state index contributed by atoms with van der Waals surface area (Å²) in [6.45, 7) is 0.659. The fourth-order valence-electron chi connectivity index (χ4n) is 1.57. The summed E-state index contributed by atoms with van der Waals surface area (Å²) in [6.07, 6.45) is 1.69. The molecule has 0 spiro atoms. The van der Waals surface area contributed by atoms with Crippen LogP contribution in [-0.4, -0.2) is 46.7 Å². The van der Waals surface area contributed by atoms with Crippen LogP contribution in [0.15, 0.2) is 18.3 Å². The molecule has 2 heterocycles. The summed E-state index contributed by atoms with van der Waals surface area (Å²) in [5.41, 5.74) is 1.20. The summed E-state index contributed by atoms with van der Waals surface area (Å²) in [5.74, 6) is 0.423. The van der Waals surface area contributed by atoms with Crippen molar-refractivity contribution in [1.82, 2.24) is 19.5 Å². The van der Waals surface area contributed by atoms with Gasteiger partial charge in [-0.2, -0.15) is 0 Å². The van der Waals surface area contributed by atoms with Crippen molar-refractivity contribution < 1.29 is 9.53 Å². The smallest absolute Gasteiger partial charge is 0.339 e. The normalized spacial score (nSPS) is 11.1. The number of aromatic nitrogens is 3. The largest absolute Gasteiger partial charge is 0.465 e. The van der Waals surface area contributed by atoms with Crippen molar-refractivity contribution >= 4 is 11.6 Å². The molecule has 0 aliphatic rings. The lowest BCUT2D eigenvalue weighted by atomic mass is 10.3. The average molecular weight is 234 g/mol. The van der Waals surface area contributed by atoms with Crippen LogP contribution in [0, 0.1) is 0 Å². The number of esters is 1. The zero-order chi connectivity index (χ0) is 12.4. The third kappa shape index (κ3) is 2.26. The van der Waals surface area contributed by atoms with E-state index in [1.165, 1.54) is 7.11 Å². The number of rotatable bonds is 3. The van der Waals surface area contributed by atoms with Crippen LogP contribution in [0.5, 0.6) is 0 Å². The number of fused-ring (bicyclic) bond motifs is 1. The zero-order valence-corrected chi connectivity index (χ0v) is 10.0. The van der Waals surface area contributed by atoms with Crippen molar-refractivity contribution in [3.63, 3.8) is 0 Å². The standard InChI is InChI=1S/C11H14N4O2/c1-14(2)7-10-13-12-9-5-4-8(6-15(9)10)11(16)17-3/h4-6H,7H2,1-3H3. The van der Waals surface area contributed by atoms with Crippen LogP contribution in [0.1, 0.15) is 16.2 Å². The summed E-state index contributed by atoms with van der Waals surface area (Å²) in [6, 6.07) is 3.42. The van der Waals surface area contributed by atoms with E-state index in [0.717, 1.165) is 11.5 Å². The molecule has 17 heavy (non-hydrogen) atoms. The molecule has 0 unspecified atom stereocenters. The Hall–Kier alpha value is -1.95. The van der Waals surface area contributed by atoms with Crippen molar-refractivity contribution in [3.05, 3.63) is 29.7 Å². The molecule has 0 saturated carbocycles. The number of nitrogens with zero attached hydrogens (tertiary/aromatic N) is 4. The first kappa shape index (κ1) is 11.5. The number of hydrogen-bond acceptors (Lipinski definition) is 5. The molecule has 0 N–H and O–H groups in total. The summed E-state index contributed by atoms with van der Waals surface area (Å²) in [5, 5.41) is 8.11. The number of methoxy groups -OCH3 is 1. The predicted molar refractivity (Wildman–Crippen MR) is 61.7 cm³/mol. The van der Waals surface area contributed by atoms with E-state index in [9.17, 15) is 4.79 Å². The van der Waals surface area contributed by atoms with Gasteiger partial charge in [-0.3, -0.25) is 4.40 Å². The fourth-order valence-corrected chi connectivity index (χ4v) is 1.57. The molecule has 6 heteroatoms. The van der Waals surface area contributed by atoms with E-state index in [-0.39, 0.29) is 5.97 Å². The van der Waals surface area contributed by atoms with Crippen molar-refractivity contribution in [3.8, 4) is 0 Å². The zero-order valence-electron chi connectivity index (χ0n) is 10.0. The molecule has 2 aromatic rings. The van der Waals surface area contributed by atoms with Crippen LogP contribution in [0.2, 0.25) is 0 Å². The molecular formula is C11H14N4O2. The number of carbonyl (C=O) groups excluding carboxylic acids is 1. The molecule has 0 saturated heterocycles. The van der Waals surface area contributed by atoms with Gasteiger partial charge in [0.15, 0.2) is 11.5 Å². The molecule has 0 aliphatic carbocycles. The molecule has 6 nitrogen and oxygen atoms in total. The quantitative estimate of drug-likeness (QED) is 0.727. The number of carbonyl (C=O) groups is 1. The van der Waals surface area contributed by atoms with E-state index < -0.39 is 0 Å². The topological polar surface area (TPSA) is 59.7 Å². The van der Waals surface area contributed by atoms with Gasteiger partial charge in [-0.1, -0.05) is 0 Å². The molecule has 0 bridgehead atoms. The van der Waals surface area contributed by atoms with Gasteiger partial charge in [-0.25, -0.2) is 4.79 Å². The van der Waals surface area contributed by atoms with Crippen LogP contribution in [0.25, 0.3) is 5.65 Å². The van der Waals surface area contributed by atoms with E-state index in [1.54, 1.807) is 22.7 Å². The fraction of sp³-hybridized carbons (Fsp3) is 0.364. The van der Waals surface area contributed by atoms with E-state index in [0.29, 0.717) is 12.1 Å². The predicted octanol–water partition coefficient (Wildman–Crippen LogP) is 0.577. The van der Waals surface area contributed by atoms with E-state index >= 15 is 0 Å². The minimum atomic E-state index is -0.364. The number of pyridine rings is 1. The van der Waals surface area contributed by atoms with E-state index in [1.807, 2.05) is 19.0 Å². The van der Waals surface area contributed by atoms with Crippen LogP contribution >= 0.6 is 0 Å². The minimum Gasteiger partial charge on any atom is -0.465 e. The van der Waals surface area contributed by atoms with E-state index in [4.69, 9.17) is 0 Å². The number of ether oxygens (including phenoxy) is 1. The molecule has 2 aromatic heterocycles. The Morgan fingerprint density at radius 2 is 2.18 bits per heavy atom. The van der Waals surface area contributed by atoms with Gasteiger partial charge < -0.3 is 9.64 Å². The summed E-state index contributed by atoms with van der Waals surface area (Å²) in [7, 11) is 5.26. The van der Waals surface area contributed by atoms with E-state index in [2.05, 4.69) is 14.9 Å². The van der Waals surface area contributed by atoms with Crippen LogP contribution in [0.4, 0.5) is 0 Å². The Balaban J connectivity index is 2.46. The lowest BCUT2D eigenvalue weighted by Gasteiger charge is -2.07. The summed E-state index contributed by atoms with van der Waals surface area (Å²) >= 11 is 0. The average Bonchev–Trinajstić information content (AvgIpc) is 2.70. The highest BCUT2D eigenvalue weighted by Crippen LogP contribution is 2.09. The highest BCUT2D eigenvalue weighted by molar-refractivity contribution is 5.89. The van der Waals surface area contributed by atoms with Gasteiger partial charge in [0.2, 0.25) is 0 Å². The molecule has 0 aromatic carbocycles. The monoisotopic (exact) mass is 234 g/mol. The lowest BCUT2D eigenvalue weighted by molar-refractivity contribution is 0.0600. The second kappa shape index (κ2) is 4.50. The molecule has 0 radical (unpaired) electrons. The third-order valence-electron chi connectivity index (χ3n) is 2.35. The Kier molecular flexibility index (Phi) is 3.06. The maximum absolute atomic E-state index is 11.4. The minimum absolute atomic E-state index is 0.364. The Labute approximate surface area is 98.8 Å². The van der Waals surface area contributed by atoms with Crippen LogP contribution < -0.4 is 0 Å². The van der Waals surface area contributed by atoms with Crippen molar-refractivity contribution in [2.75, 3.05) is 21.2 Å². The first-order valence-electron chi connectivity index (χ1n) is 5.18. The maximum atomic E-state index is 11.4. The van der Waals surface area contributed by atoms with Gasteiger partial charge in [0.05, 0.1) is 19.2 Å². The van der Waals surface area contributed by atoms with Crippen molar-refractivity contribution in [2.24, 2.45) is 0 Å². The molecular weight excluding hydrogens is 220 g/mol. The summed E-state index contributed by atoms with van der Waals surface area (Å²) in [4.78, 5) is 13.4. The van der Waals surface area contributed by atoms with Crippen LogP contribution in [-0.2, 0) is 11.3 Å². The lowest BCUT2D eigenvalue weighted by Crippen LogP contribution is -2.13.